The second kappa shape index (κ2) is 6.84. The number of hydrogen-bond donors (Lipinski definition) is 3. The third-order valence-electron chi connectivity index (χ3n) is 4.36. The van der Waals surface area contributed by atoms with Crippen molar-refractivity contribution in [2.24, 2.45) is 11.8 Å². The number of amides is 2. The fraction of sp³-hybridized carbons (Fsp3) is 0.412. The Morgan fingerprint density at radius 2 is 2.17 bits per heavy atom. The Kier molecular flexibility index (Phi) is 4.80. The molecule has 3 rings (SSSR count). The van der Waals surface area contributed by atoms with Crippen molar-refractivity contribution in [1.29, 1.82) is 0 Å². The van der Waals surface area contributed by atoms with Crippen molar-refractivity contribution in [3.05, 3.63) is 34.4 Å². The first-order valence-electron chi connectivity index (χ1n) is 7.95. The summed E-state index contributed by atoms with van der Waals surface area (Å²) < 4.78 is 1.01. The molecule has 1 aromatic carbocycles. The first kappa shape index (κ1) is 16.8. The Morgan fingerprint density at radius 3 is 2.92 bits per heavy atom. The molecular weight excluding hydrogens is 374 g/mol. The number of fused-ring (bicyclic) bond motifs is 1. The first-order chi connectivity index (χ1) is 11.4. The van der Waals surface area contributed by atoms with Gasteiger partial charge in [0.15, 0.2) is 0 Å². The van der Waals surface area contributed by atoms with Crippen LogP contribution in [0.2, 0.25) is 0 Å². The van der Waals surface area contributed by atoms with E-state index in [1.165, 1.54) is 0 Å². The monoisotopic (exact) mass is 393 g/mol. The molecule has 2 unspecified atom stereocenters. The molecule has 2 amide bonds. The SMILES string of the molecule is CC1CC(C(=O)O)CN(C(=O)NCc2cc3cc(Br)ccc3[nH]2)C1. The number of carboxylic acid groups (broad SMARTS) is 1. The molecule has 0 aliphatic carbocycles. The van der Waals surface area contributed by atoms with E-state index in [2.05, 4.69) is 26.2 Å². The van der Waals surface area contributed by atoms with Crippen molar-refractivity contribution in [2.45, 2.75) is 19.9 Å². The van der Waals surface area contributed by atoms with Crippen LogP contribution >= 0.6 is 15.9 Å². The number of benzene rings is 1. The van der Waals surface area contributed by atoms with Crippen LogP contribution in [-0.2, 0) is 11.3 Å². The summed E-state index contributed by atoms with van der Waals surface area (Å²) in [6.45, 7) is 3.22. The smallest absolute Gasteiger partial charge is 0.317 e. The Balaban J connectivity index is 1.62. The number of aromatic nitrogens is 1. The van der Waals surface area contributed by atoms with E-state index in [1.54, 1.807) is 4.90 Å². The van der Waals surface area contributed by atoms with Crippen LogP contribution in [0.4, 0.5) is 4.79 Å². The lowest BCUT2D eigenvalue weighted by Gasteiger charge is -2.34. The summed E-state index contributed by atoms with van der Waals surface area (Å²) in [6.07, 6.45) is 0.621. The third kappa shape index (κ3) is 3.72. The van der Waals surface area contributed by atoms with Crippen LogP contribution in [0.5, 0.6) is 0 Å². The molecule has 3 N–H and O–H groups in total. The van der Waals surface area contributed by atoms with Gasteiger partial charge in [-0.2, -0.15) is 0 Å². The molecule has 1 saturated heterocycles. The van der Waals surface area contributed by atoms with Gasteiger partial charge in [-0.1, -0.05) is 22.9 Å². The second-order valence-electron chi connectivity index (χ2n) is 6.47. The molecule has 128 valence electrons. The number of piperidine rings is 1. The van der Waals surface area contributed by atoms with Crippen LogP contribution in [-0.4, -0.2) is 40.1 Å². The number of H-pyrrole nitrogens is 1. The summed E-state index contributed by atoms with van der Waals surface area (Å²) in [6, 6.07) is 7.74. The van der Waals surface area contributed by atoms with E-state index in [9.17, 15) is 14.7 Å². The zero-order valence-corrected chi connectivity index (χ0v) is 15.0. The summed E-state index contributed by atoms with van der Waals surface area (Å²) in [4.78, 5) is 28.4. The molecule has 2 atom stereocenters. The zero-order chi connectivity index (χ0) is 17.3. The van der Waals surface area contributed by atoms with E-state index < -0.39 is 11.9 Å². The van der Waals surface area contributed by atoms with Crippen molar-refractivity contribution in [3.8, 4) is 0 Å². The van der Waals surface area contributed by atoms with E-state index in [4.69, 9.17) is 0 Å². The fourth-order valence-electron chi connectivity index (χ4n) is 3.24. The summed E-state index contributed by atoms with van der Waals surface area (Å²) in [5.41, 5.74) is 1.93. The van der Waals surface area contributed by atoms with Crippen LogP contribution in [0.3, 0.4) is 0 Å². The van der Waals surface area contributed by atoms with Crippen LogP contribution in [0.25, 0.3) is 10.9 Å². The Hall–Kier alpha value is -2.02. The largest absolute Gasteiger partial charge is 0.481 e. The van der Waals surface area contributed by atoms with Crippen LogP contribution in [0.1, 0.15) is 19.0 Å². The molecule has 0 saturated carbocycles. The predicted octanol–water partition coefficient (Wildman–Crippen LogP) is 3.18. The zero-order valence-electron chi connectivity index (χ0n) is 13.4. The number of carbonyl (C=O) groups excluding carboxylic acids is 1. The van der Waals surface area contributed by atoms with Gasteiger partial charge in [0.1, 0.15) is 0 Å². The highest BCUT2D eigenvalue weighted by Crippen LogP contribution is 2.22. The number of aromatic amines is 1. The maximum atomic E-state index is 12.4. The average molecular weight is 394 g/mol. The maximum absolute atomic E-state index is 12.4. The first-order valence-corrected chi connectivity index (χ1v) is 8.74. The highest BCUT2D eigenvalue weighted by atomic mass is 79.9. The lowest BCUT2D eigenvalue weighted by Crippen LogP contribution is -2.49. The fourth-order valence-corrected chi connectivity index (χ4v) is 3.62. The second-order valence-corrected chi connectivity index (χ2v) is 7.38. The standard InChI is InChI=1S/C17H20BrN3O3/c1-10-4-12(16(22)23)9-21(8-10)17(24)19-7-14-6-11-5-13(18)2-3-15(11)20-14/h2-3,5-6,10,12,20H,4,7-9H2,1H3,(H,19,24)(H,22,23). The molecule has 7 heteroatoms. The lowest BCUT2D eigenvalue weighted by atomic mass is 9.91. The van der Waals surface area contributed by atoms with E-state index in [0.717, 1.165) is 21.1 Å². The van der Waals surface area contributed by atoms with Gasteiger partial charge in [-0.25, -0.2) is 4.79 Å². The average Bonchev–Trinajstić information content (AvgIpc) is 2.93. The highest BCUT2D eigenvalue weighted by molar-refractivity contribution is 9.10. The number of halogens is 1. The summed E-state index contributed by atoms with van der Waals surface area (Å²) >= 11 is 3.44. The van der Waals surface area contributed by atoms with E-state index in [0.29, 0.717) is 19.5 Å². The van der Waals surface area contributed by atoms with Gasteiger partial charge in [0.25, 0.3) is 0 Å². The van der Waals surface area contributed by atoms with Crippen LogP contribution in [0, 0.1) is 11.8 Å². The van der Waals surface area contributed by atoms with Gasteiger partial charge in [-0.05, 0) is 36.6 Å². The number of urea groups is 1. The summed E-state index contributed by atoms with van der Waals surface area (Å²) in [7, 11) is 0. The van der Waals surface area contributed by atoms with Gasteiger partial charge < -0.3 is 20.3 Å². The topological polar surface area (TPSA) is 85.4 Å². The molecule has 0 radical (unpaired) electrons. The van der Waals surface area contributed by atoms with Crippen molar-refractivity contribution in [3.63, 3.8) is 0 Å². The quantitative estimate of drug-likeness (QED) is 0.748. The van der Waals surface area contributed by atoms with Crippen molar-refractivity contribution < 1.29 is 14.7 Å². The predicted molar refractivity (Wildman–Crippen MR) is 94.7 cm³/mol. The normalized spacial score (nSPS) is 21.0. The Morgan fingerprint density at radius 1 is 1.38 bits per heavy atom. The van der Waals surface area contributed by atoms with Crippen molar-refractivity contribution in [1.82, 2.24) is 15.2 Å². The highest BCUT2D eigenvalue weighted by Gasteiger charge is 2.31. The van der Waals surface area contributed by atoms with Crippen molar-refractivity contribution >= 4 is 38.8 Å². The molecule has 2 heterocycles. The number of likely N-dealkylation sites (tertiary alicyclic amines) is 1. The van der Waals surface area contributed by atoms with E-state index in [1.807, 2.05) is 31.2 Å². The van der Waals surface area contributed by atoms with Gasteiger partial charge in [0.05, 0.1) is 12.5 Å². The molecular formula is C17H20BrN3O3. The molecule has 1 aliphatic heterocycles. The Labute approximate surface area is 148 Å². The van der Waals surface area contributed by atoms with E-state index >= 15 is 0 Å². The number of nitrogens with one attached hydrogen (secondary N) is 2. The van der Waals surface area contributed by atoms with Crippen LogP contribution in [0.15, 0.2) is 28.7 Å². The van der Waals surface area contributed by atoms with Crippen LogP contribution < -0.4 is 5.32 Å². The molecule has 0 bridgehead atoms. The molecule has 1 fully saturated rings. The molecule has 1 aliphatic rings. The molecule has 24 heavy (non-hydrogen) atoms. The van der Waals surface area contributed by atoms with Gasteiger partial charge in [-0.3, -0.25) is 4.79 Å². The molecule has 2 aromatic rings. The number of rotatable bonds is 3. The van der Waals surface area contributed by atoms with Gasteiger partial charge in [0, 0.05) is 34.2 Å². The minimum atomic E-state index is -0.833. The van der Waals surface area contributed by atoms with Gasteiger partial charge >= 0.3 is 12.0 Å². The molecule has 1 aromatic heterocycles. The number of carboxylic acids is 1. The molecule has 0 spiro atoms. The number of nitrogens with zero attached hydrogens (tertiary/aromatic N) is 1. The lowest BCUT2D eigenvalue weighted by molar-refractivity contribution is -0.143. The third-order valence-corrected chi connectivity index (χ3v) is 4.86. The van der Waals surface area contributed by atoms with Crippen molar-refractivity contribution in [2.75, 3.05) is 13.1 Å². The minimum Gasteiger partial charge on any atom is -0.481 e. The molecule has 6 nitrogen and oxygen atoms in total. The number of aliphatic carboxylic acids is 1. The summed E-state index contributed by atoms with van der Waals surface area (Å²) in [5.74, 6) is -1.12. The minimum absolute atomic E-state index is 0.191. The van der Waals surface area contributed by atoms with Gasteiger partial charge in [0.2, 0.25) is 0 Å². The Bertz CT molecular complexity index is 774. The number of carbonyl (C=O) groups is 2. The summed E-state index contributed by atoms with van der Waals surface area (Å²) in [5, 5.41) is 13.1. The number of hydrogen-bond acceptors (Lipinski definition) is 2. The maximum Gasteiger partial charge on any atom is 0.317 e. The van der Waals surface area contributed by atoms with Gasteiger partial charge in [-0.15, -0.1) is 0 Å². The van der Waals surface area contributed by atoms with E-state index in [-0.39, 0.29) is 18.5 Å².